The Morgan fingerprint density at radius 2 is 1.70 bits per heavy atom. The minimum Gasteiger partial charge on any atom is -0.383 e. The van der Waals surface area contributed by atoms with Crippen molar-refractivity contribution in [1.82, 2.24) is 10.3 Å². The van der Waals surface area contributed by atoms with Gasteiger partial charge < -0.3 is 15.6 Å². The van der Waals surface area contributed by atoms with Crippen LogP contribution in [0.1, 0.15) is 15.9 Å². The molecule has 2 aromatic carbocycles. The van der Waals surface area contributed by atoms with Crippen LogP contribution >= 0.6 is 0 Å². The Bertz CT molecular complexity index is 986. The highest BCUT2D eigenvalue weighted by Crippen LogP contribution is 2.30. The molecule has 1 atom stereocenters. The largest absolute Gasteiger partial charge is 0.383 e. The smallest absolute Gasteiger partial charge is 0.251 e. The highest BCUT2D eigenvalue weighted by Gasteiger charge is 2.09. The van der Waals surface area contributed by atoms with Gasteiger partial charge in [0.05, 0.1) is 5.75 Å². The molecule has 27 heavy (non-hydrogen) atoms. The average molecular weight is 381 g/mol. The number of pyridine rings is 1. The van der Waals surface area contributed by atoms with Crippen molar-refractivity contribution < 1.29 is 13.6 Å². The molecule has 0 aliphatic carbocycles. The molecule has 1 aromatic heterocycles. The van der Waals surface area contributed by atoms with Gasteiger partial charge >= 0.3 is 0 Å². The number of carbonyl (C=O) groups is 1. The molecule has 3 rings (SSSR count). The lowest BCUT2D eigenvalue weighted by Crippen LogP contribution is -2.17. The first-order valence-corrected chi connectivity index (χ1v) is 9.50. The number of nitrogen functional groups attached to an aromatic ring is 1. The van der Waals surface area contributed by atoms with Crippen molar-refractivity contribution in [2.75, 3.05) is 12.8 Å². The fourth-order valence-electron chi connectivity index (χ4n) is 2.75. The number of aromatic nitrogens is 1. The predicted octanol–water partition coefficient (Wildman–Crippen LogP) is 3.08. The van der Waals surface area contributed by atoms with E-state index in [0.29, 0.717) is 11.4 Å². The zero-order chi connectivity index (χ0) is 19.4. The third-order valence-electron chi connectivity index (χ3n) is 4.18. The van der Waals surface area contributed by atoms with E-state index in [1.54, 1.807) is 25.4 Å². The molecule has 1 unspecified atom stereocenters. The minimum atomic E-state index is -1.86. The molecule has 0 aliphatic rings. The second-order valence-corrected chi connectivity index (χ2v) is 6.91. The van der Waals surface area contributed by atoms with Crippen LogP contribution in [0.25, 0.3) is 22.3 Å². The number of anilines is 1. The second-order valence-electron chi connectivity index (χ2n) is 5.98. The van der Waals surface area contributed by atoms with Gasteiger partial charge in [-0.3, -0.25) is 4.79 Å². The molecule has 6 nitrogen and oxygen atoms in total. The van der Waals surface area contributed by atoms with Crippen molar-refractivity contribution in [1.29, 1.82) is 0 Å². The van der Waals surface area contributed by atoms with Crippen LogP contribution in [-0.4, -0.2) is 26.7 Å². The zero-order valence-corrected chi connectivity index (χ0v) is 15.5. The summed E-state index contributed by atoms with van der Waals surface area (Å²) in [6.07, 6.45) is 1.69. The molecule has 3 aromatic rings. The highest BCUT2D eigenvalue weighted by atomic mass is 32.2. The first-order valence-electron chi connectivity index (χ1n) is 8.22. The van der Waals surface area contributed by atoms with E-state index in [9.17, 15) is 9.00 Å². The third-order valence-corrected chi connectivity index (χ3v) is 4.76. The first-order chi connectivity index (χ1) is 13.0. The number of hydrogen-bond acceptors (Lipinski definition) is 4. The summed E-state index contributed by atoms with van der Waals surface area (Å²) in [6.45, 7) is 0. The van der Waals surface area contributed by atoms with Gasteiger partial charge in [0.2, 0.25) is 0 Å². The number of carbonyl (C=O) groups excluding carboxylic acids is 1. The summed E-state index contributed by atoms with van der Waals surface area (Å²) in [5.74, 6) is 0.354. The Kier molecular flexibility index (Phi) is 5.63. The number of nitrogens with zero attached hydrogens (tertiary/aromatic N) is 1. The van der Waals surface area contributed by atoms with Crippen LogP contribution in [0.3, 0.4) is 0 Å². The molecular weight excluding hydrogens is 362 g/mol. The lowest BCUT2D eigenvalue weighted by atomic mass is 9.99. The molecule has 0 aliphatic heterocycles. The van der Waals surface area contributed by atoms with E-state index in [2.05, 4.69) is 10.3 Å². The molecule has 1 amide bonds. The Labute approximate surface area is 159 Å². The van der Waals surface area contributed by atoms with Crippen LogP contribution in [0, 0.1) is 0 Å². The molecule has 0 saturated heterocycles. The number of rotatable bonds is 5. The van der Waals surface area contributed by atoms with Crippen LogP contribution < -0.4 is 11.1 Å². The van der Waals surface area contributed by atoms with Gasteiger partial charge in [-0.2, -0.15) is 0 Å². The Balaban J connectivity index is 1.92. The summed E-state index contributed by atoms with van der Waals surface area (Å²) in [5.41, 5.74) is 10.9. The van der Waals surface area contributed by atoms with Crippen molar-refractivity contribution in [2.24, 2.45) is 0 Å². The van der Waals surface area contributed by atoms with Crippen molar-refractivity contribution in [3.8, 4) is 22.3 Å². The van der Waals surface area contributed by atoms with Crippen LogP contribution in [0.4, 0.5) is 5.82 Å². The Morgan fingerprint density at radius 3 is 2.30 bits per heavy atom. The molecule has 138 valence electrons. The van der Waals surface area contributed by atoms with Crippen LogP contribution in [0.15, 0.2) is 60.8 Å². The summed E-state index contributed by atoms with van der Waals surface area (Å²) < 4.78 is 19.9. The fraction of sp³-hybridized carbons (Fsp3) is 0.100. The predicted molar refractivity (Wildman–Crippen MR) is 107 cm³/mol. The third kappa shape index (κ3) is 4.39. The van der Waals surface area contributed by atoms with Gasteiger partial charge in [-0.1, -0.05) is 36.4 Å². The van der Waals surface area contributed by atoms with Gasteiger partial charge in [-0.15, -0.1) is 0 Å². The molecule has 0 bridgehead atoms. The van der Waals surface area contributed by atoms with Gasteiger partial charge in [0, 0.05) is 29.9 Å². The topological polar surface area (TPSA) is 105 Å². The average Bonchev–Trinajstić information content (AvgIpc) is 2.68. The summed E-state index contributed by atoms with van der Waals surface area (Å²) in [7, 11) is 1.59. The van der Waals surface area contributed by atoms with Crippen LogP contribution in [-0.2, 0) is 16.8 Å². The maximum atomic E-state index is 11.7. The van der Waals surface area contributed by atoms with Crippen LogP contribution in [0.2, 0.25) is 0 Å². The molecule has 7 heteroatoms. The Morgan fingerprint density at radius 1 is 1.07 bits per heavy atom. The number of benzene rings is 2. The van der Waals surface area contributed by atoms with Crippen molar-refractivity contribution in [3.63, 3.8) is 0 Å². The summed E-state index contributed by atoms with van der Waals surface area (Å²) in [6, 6.07) is 16.5. The molecule has 0 fully saturated rings. The normalized spacial score (nSPS) is 11.8. The molecule has 0 saturated carbocycles. The molecule has 1 heterocycles. The molecule has 0 radical (unpaired) electrons. The molecule has 0 spiro atoms. The SMILES string of the molecule is CNC(=O)c1ccc(-c2cc(-c3ccc(CS(=O)O)cc3)cnc2N)cc1. The molecular formula is C20H19N3O3S. The summed E-state index contributed by atoms with van der Waals surface area (Å²) in [5, 5.41) is 2.59. The van der Waals surface area contributed by atoms with E-state index in [1.807, 2.05) is 42.5 Å². The van der Waals surface area contributed by atoms with Gasteiger partial charge in [-0.05, 0) is 34.9 Å². The van der Waals surface area contributed by atoms with Gasteiger partial charge in [-0.25, -0.2) is 9.19 Å². The quantitative estimate of drug-likeness (QED) is 0.589. The van der Waals surface area contributed by atoms with Crippen molar-refractivity contribution in [2.45, 2.75) is 5.75 Å². The van der Waals surface area contributed by atoms with Crippen molar-refractivity contribution >= 4 is 22.8 Å². The summed E-state index contributed by atoms with van der Waals surface area (Å²) in [4.78, 5) is 16.0. The highest BCUT2D eigenvalue weighted by molar-refractivity contribution is 7.78. The number of nitrogens with one attached hydrogen (secondary N) is 1. The summed E-state index contributed by atoms with van der Waals surface area (Å²) >= 11 is -1.86. The number of amides is 1. The van der Waals surface area contributed by atoms with E-state index in [4.69, 9.17) is 10.3 Å². The minimum absolute atomic E-state index is 0.100. The van der Waals surface area contributed by atoms with E-state index in [1.165, 1.54) is 0 Å². The fourth-order valence-corrected chi connectivity index (χ4v) is 3.22. The lowest BCUT2D eigenvalue weighted by molar-refractivity contribution is 0.0963. The second kappa shape index (κ2) is 8.11. The molecule has 4 N–H and O–H groups in total. The maximum absolute atomic E-state index is 11.7. The standard InChI is InChI=1S/C20H19N3O3S/c1-22-20(24)16-8-6-15(7-9-16)18-10-17(11-23-19(18)21)14-4-2-13(3-5-14)12-27(25)26/h2-11H,12H2,1H3,(H2,21,23)(H,22,24)(H,25,26). The van der Waals surface area contributed by atoms with Crippen LogP contribution in [0.5, 0.6) is 0 Å². The monoisotopic (exact) mass is 381 g/mol. The van der Waals surface area contributed by atoms with Crippen molar-refractivity contribution in [3.05, 3.63) is 71.9 Å². The van der Waals surface area contributed by atoms with Gasteiger partial charge in [0.15, 0.2) is 11.1 Å². The zero-order valence-electron chi connectivity index (χ0n) is 14.7. The Hall–Kier alpha value is -3.03. The maximum Gasteiger partial charge on any atom is 0.251 e. The van der Waals surface area contributed by atoms with Gasteiger partial charge in [0.1, 0.15) is 5.82 Å². The van der Waals surface area contributed by atoms with E-state index in [-0.39, 0.29) is 11.7 Å². The van der Waals surface area contributed by atoms with E-state index >= 15 is 0 Å². The van der Waals surface area contributed by atoms with Gasteiger partial charge in [0.25, 0.3) is 5.91 Å². The lowest BCUT2D eigenvalue weighted by Gasteiger charge is -2.10. The van der Waals surface area contributed by atoms with E-state index < -0.39 is 11.1 Å². The number of hydrogen-bond donors (Lipinski definition) is 3. The first kappa shape index (κ1) is 18.8. The number of nitrogens with two attached hydrogens (primary N) is 1. The van der Waals surface area contributed by atoms with E-state index in [0.717, 1.165) is 27.8 Å².